The van der Waals surface area contributed by atoms with E-state index in [4.69, 9.17) is 0 Å². The van der Waals surface area contributed by atoms with Gasteiger partial charge in [0.2, 0.25) is 0 Å². The van der Waals surface area contributed by atoms with Crippen LogP contribution >= 0.6 is 0 Å². The number of methoxy groups -OCH3 is 1. The Hall–Kier alpha value is -0.570. The lowest BCUT2D eigenvalue weighted by atomic mass is 10.3. The summed E-state index contributed by atoms with van der Waals surface area (Å²) in [5, 5.41) is 0. The highest BCUT2D eigenvalue weighted by Gasteiger charge is 2.27. The van der Waals surface area contributed by atoms with Crippen LogP contribution in [-0.2, 0) is 9.53 Å². The highest BCUT2D eigenvalue weighted by molar-refractivity contribution is 5.69. The zero-order valence-corrected chi connectivity index (χ0v) is 8.01. The number of ether oxygens (including phenoxy) is 1. The van der Waals surface area contributed by atoms with Gasteiger partial charge in [-0.3, -0.25) is 4.79 Å². The zero-order chi connectivity index (χ0) is 9.03. The fraction of sp³-hybridized carbons (Fsp3) is 0.900. The maximum Gasteiger partial charge on any atom is 0.311 e. The number of quaternary nitrogens is 1. The third-order valence-electron chi connectivity index (χ3n) is 2.73. The zero-order valence-electron chi connectivity index (χ0n) is 8.01. The molecule has 0 aromatic heterocycles. The minimum absolute atomic E-state index is 0. The molecule has 78 valence electrons. The lowest BCUT2D eigenvalue weighted by Crippen LogP contribution is -2.42. The van der Waals surface area contributed by atoms with Crippen molar-refractivity contribution in [2.45, 2.75) is 26.7 Å². The first-order valence-electron chi connectivity index (χ1n) is 4.57. The van der Waals surface area contributed by atoms with Crippen molar-refractivity contribution >= 4 is 5.97 Å². The summed E-state index contributed by atoms with van der Waals surface area (Å²) in [7, 11) is 3.67. The summed E-state index contributed by atoms with van der Waals surface area (Å²) in [6.45, 7) is 3.38. The summed E-state index contributed by atoms with van der Waals surface area (Å²) in [5.41, 5.74) is 0. The lowest BCUT2D eigenvalue weighted by molar-refractivity contribution is -0.897. The highest BCUT2D eigenvalue weighted by Crippen LogP contribution is 2.16. The molecule has 1 aliphatic rings. The summed E-state index contributed by atoms with van der Waals surface area (Å²) in [4.78, 5) is 10.9. The Morgan fingerprint density at radius 2 is 1.92 bits per heavy atom. The molecule has 0 aromatic carbocycles. The Labute approximate surface area is 81.3 Å². The summed E-state index contributed by atoms with van der Waals surface area (Å²) in [5.74, 6) is -0.0822. The number of carbonyl (C=O) groups is 1. The number of esters is 1. The molecule has 0 aromatic rings. The van der Waals surface area contributed by atoms with Gasteiger partial charge in [0.15, 0.2) is 0 Å². The van der Waals surface area contributed by atoms with Crippen LogP contribution in [0.4, 0.5) is 0 Å². The maximum absolute atomic E-state index is 10.9. The van der Waals surface area contributed by atoms with Crippen LogP contribution in [0.3, 0.4) is 0 Å². The van der Waals surface area contributed by atoms with Gasteiger partial charge in [-0.2, -0.15) is 0 Å². The monoisotopic (exact) mass is 188 g/mol. The summed E-state index contributed by atoms with van der Waals surface area (Å²) in [6.07, 6.45) is 3.17. The fourth-order valence-corrected chi connectivity index (χ4v) is 1.79. The Morgan fingerprint density at radius 3 is 2.38 bits per heavy atom. The molecule has 0 bridgehead atoms. The minimum atomic E-state index is -0.0822. The van der Waals surface area contributed by atoms with Crippen LogP contribution in [-0.4, -0.2) is 44.2 Å². The summed E-state index contributed by atoms with van der Waals surface area (Å²) < 4.78 is 5.66. The fourth-order valence-electron chi connectivity index (χ4n) is 1.79. The van der Waals surface area contributed by atoms with Crippen molar-refractivity contribution in [3.63, 3.8) is 0 Å². The van der Waals surface area contributed by atoms with Crippen molar-refractivity contribution in [3.8, 4) is 0 Å². The van der Waals surface area contributed by atoms with Gasteiger partial charge in [0.05, 0.1) is 40.2 Å². The van der Waals surface area contributed by atoms with Crippen molar-refractivity contribution in [1.82, 2.24) is 0 Å². The van der Waals surface area contributed by atoms with E-state index < -0.39 is 0 Å². The van der Waals surface area contributed by atoms with Crippen molar-refractivity contribution < 1.29 is 14.0 Å². The molecule has 3 nitrogen and oxygen atoms in total. The van der Waals surface area contributed by atoms with E-state index in [1.165, 1.54) is 33.0 Å². The molecule has 1 fully saturated rings. The Balaban J connectivity index is 0.00000144. The normalized spacial score (nSPS) is 19.2. The van der Waals surface area contributed by atoms with Crippen LogP contribution in [0.2, 0.25) is 0 Å². The standard InChI is InChI=1S/C9H18NO2.CH4/c1-10(6-3-4-7-10)8-5-9(11)12-2;/h3-8H2,1-2H3;1H4/q+1;. The van der Waals surface area contributed by atoms with Gasteiger partial charge in [0.1, 0.15) is 0 Å². The molecule has 0 spiro atoms. The van der Waals surface area contributed by atoms with E-state index in [1.807, 2.05) is 0 Å². The molecule has 1 saturated heterocycles. The van der Waals surface area contributed by atoms with E-state index in [0.29, 0.717) is 6.42 Å². The molecular weight excluding hydrogens is 166 g/mol. The smallest absolute Gasteiger partial charge is 0.311 e. The van der Waals surface area contributed by atoms with E-state index >= 15 is 0 Å². The van der Waals surface area contributed by atoms with Gasteiger partial charge < -0.3 is 9.22 Å². The van der Waals surface area contributed by atoms with Crippen molar-refractivity contribution in [2.24, 2.45) is 0 Å². The van der Waals surface area contributed by atoms with E-state index in [-0.39, 0.29) is 13.4 Å². The molecule has 1 rings (SSSR count). The predicted molar refractivity (Wildman–Crippen MR) is 53.4 cm³/mol. The first-order valence-corrected chi connectivity index (χ1v) is 4.57. The van der Waals surface area contributed by atoms with Crippen LogP contribution in [0, 0.1) is 0 Å². The van der Waals surface area contributed by atoms with Gasteiger partial charge in [-0.05, 0) is 0 Å². The van der Waals surface area contributed by atoms with Crippen molar-refractivity contribution in [1.29, 1.82) is 0 Å². The van der Waals surface area contributed by atoms with Crippen LogP contribution in [0.1, 0.15) is 26.7 Å². The van der Waals surface area contributed by atoms with Crippen molar-refractivity contribution in [3.05, 3.63) is 0 Å². The topological polar surface area (TPSA) is 26.3 Å². The lowest BCUT2D eigenvalue weighted by Gasteiger charge is -2.28. The minimum Gasteiger partial charge on any atom is -0.469 e. The van der Waals surface area contributed by atoms with E-state index in [0.717, 1.165) is 11.0 Å². The van der Waals surface area contributed by atoms with E-state index in [2.05, 4.69) is 11.8 Å². The Kier molecular flexibility index (Phi) is 4.99. The molecule has 0 aliphatic carbocycles. The number of hydrogen-bond acceptors (Lipinski definition) is 2. The van der Waals surface area contributed by atoms with E-state index in [9.17, 15) is 4.79 Å². The molecule has 0 atom stereocenters. The Morgan fingerprint density at radius 1 is 1.38 bits per heavy atom. The molecule has 0 saturated carbocycles. The average Bonchev–Trinajstić information content (AvgIpc) is 2.49. The molecule has 1 aliphatic heterocycles. The number of hydrogen-bond donors (Lipinski definition) is 0. The highest BCUT2D eigenvalue weighted by atomic mass is 16.5. The van der Waals surface area contributed by atoms with Gasteiger partial charge >= 0.3 is 5.97 Å². The van der Waals surface area contributed by atoms with Gasteiger partial charge in [0, 0.05) is 12.8 Å². The average molecular weight is 188 g/mol. The van der Waals surface area contributed by atoms with Gasteiger partial charge in [-0.25, -0.2) is 0 Å². The van der Waals surface area contributed by atoms with Crippen LogP contribution < -0.4 is 0 Å². The van der Waals surface area contributed by atoms with Gasteiger partial charge in [-0.1, -0.05) is 7.43 Å². The number of nitrogens with zero attached hydrogens (tertiary/aromatic N) is 1. The van der Waals surface area contributed by atoms with E-state index in [1.54, 1.807) is 0 Å². The molecule has 0 unspecified atom stereocenters. The van der Waals surface area contributed by atoms with Gasteiger partial charge in [0.25, 0.3) is 0 Å². The summed E-state index contributed by atoms with van der Waals surface area (Å²) in [6, 6.07) is 0. The molecular formula is C10H22NO2+. The third kappa shape index (κ3) is 3.77. The molecule has 0 N–H and O–H groups in total. The largest absolute Gasteiger partial charge is 0.469 e. The Bertz CT molecular complexity index is 162. The number of rotatable bonds is 3. The van der Waals surface area contributed by atoms with Crippen molar-refractivity contribution in [2.75, 3.05) is 33.8 Å². The third-order valence-corrected chi connectivity index (χ3v) is 2.73. The second kappa shape index (κ2) is 5.22. The van der Waals surface area contributed by atoms with Crippen LogP contribution in [0.15, 0.2) is 0 Å². The van der Waals surface area contributed by atoms with Crippen LogP contribution in [0.25, 0.3) is 0 Å². The van der Waals surface area contributed by atoms with Gasteiger partial charge in [-0.15, -0.1) is 0 Å². The predicted octanol–water partition coefficient (Wildman–Crippen LogP) is 1.43. The second-order valence-electron chi connectivity index (χ2n) is 3.82. The quantitative estimate of drug-likeness (QED) is 0.494. The number of carbonyl (C=O) groups excluding carboxylic acids is 1. The molecule has 13 heavy (non-hydrogen) atoms. The first-order chi connectivity index (χ1) is 5.66. The molecule has 1 heterocycles. The second-order valence-corrected chi connectivity index (χ2v) is 3.82. The molecule has 0 radical (unpaired) electrons. The maximum atomic E-state index is 10.9. The van der Waals surface area contributed by atoms with Crippen LogP contribution in [0.5, 0.6) is 0 Å². The molecule has 0 amide bonds. The molecule has 3 heteroatoms. The summed E-state index contributed by atoms with van der Waals surface area (Å²) >= 11 is 0. The SMILES string of the molecule is C.COC(=O)CC[N+]1(C)CCCC1. The number of likely N-dealkylation sites (tertiary alicyclic amines) is 1. The first kappa shape index (κ1) is 12.4.